The molecule has 1 N–H and O–H groups in total. The van der Waals surface area contributed by atoms with Crippen LogP contribution in [0.4, 0.5) is 0 Å². The lowest BCUT2D eigenvalue weighted by Gasteiger charge is -2.03. The molecule has 3 aromatic rings. The number of benzene rings is 1. The number of pyridine rings is 1. The number of aromatic nitrogens is 3. The maximum atomic E-state index is 12.0. The smallest absolute Gasteiger partial charge is 0.259 e. The van der Waals surface area contributed by atoms with Crippen LogP contribution in [0.15, 0.2) is 33.6 Å². The summed E-state index contributed by atoms with van der Waals surface area (Å²) in [6.45, 7) is 1.68. The highest BCUT2D eigenvalue weighted by Crippen LogP contribution is 2.21. The summed E-state index contributed by atoms with van der Waals surface area (Å²) in [6, 6.07) is 7.14. The zero-order valence-corrected chi connectivity index (χ0v) is 10.4. The number of fused-ring (bicyclic) bond motifs is 1. The number of nitrogens with zero attached hydrogens (tertiary/aromatic N) is 2. The first-order valence-electron chi connectivity index (χ1n) is 5.69. The summed E-state index contributed by atoms with van der Waals surface area (Å²) in [4.78, 5) is 18.8. The van der Waals surface area contributed by atoms with Crippen LogP contribution in [-0.4, -0.2) is 22.2 Å². The third-order valence-corrected chi connectivity index (χ3v) is 2.82. The van der Waals surface area contributed by atoms with Gasteiger partial charge in [-0.1, -0.05) is 5.16 Å². The molecule has 2 aromatic heterocycles. The number of hydrogen-bond donors (Lipinski definition) is 1. The standard InChI is InChI=1S/C13H11N3O3/c1-7-14-12(16-19-7)10-6-8-5-9(18-2)3-4-11(8)15-13(10)17/h3-6H,1-2H3,(H,15,17). The molecular formula is C13H11N3O3. The van der Waals surface area contributed by atoms with E-state index in [1.165, 1.54) is 0 Å². The van der Waals surface area contributed by atoms with Crippen molar-refractivity contribution in [3.8, 4) is 17.1 Å². The monoisotopic (exact) mass is 257 g/mol. The van der Waals surface area contributed by atoms with Crippen molar-refractivity contribution in [2.24, 2.45) is 0 Å². The van der Waals surface area contributed by atoms with Gasteiger partial charge in [0.05, 0.1) is 12.7 Å². The van der Waals surface area contributed by atoms with E-state index in [0.29, 0.717) is 11.5 Å². The van der Waals surface area contributed by atoms with Gasteiger partial charge in [0.1, 0.15) is 5.75 Å². The maximum Gasteiger partial charge on any atom is 0.259 e. The van der Waals surface area contributed by atoms with Gasteiger partial charge < -0.3 is 14.2 Å². The number of aryl methyl sites for hydroxylation is 1. The Kier molecular flexibility index (Phi) is 2.56. The van der Waals surface area contributed by atoms with E-state index < -0.39 is 0 Å². The summed E-state index contributed by atoms with van der Waals surface area (Å²) in [5, 5.41) is 4.60. The second kappa shape index (κ2) is 4.24. The minimum absolute atomic E-state index is 0.251. The average molecular weight is 257 g/mol. The molecule has 1 aromatic carbocycles. The van der Waals surface area contributed by atoms with Crippen molar-refractivity contribution in [3.05, 3.63) is 40.5 Å². The van der Waals surface area contributed by atoms with Gasteiger partial charge in [0, 0.05) is 17.8 Å². The lowest BCUT2D eigenvalue weighted by atomic mass is 10.1. The molecule has 0 aliphatic carbocycles. The highest BCUT2D eigenvalue weighted by molar-refractivity contribution is 5.83. The molecule has 96 valence electrons. The number of methoxy groups -OCH3 is 1. The van der Waals surface area contributed by atoms with Crippen LogP contribution in [0.3, 0.4) is 0 Å². The largest absolute Gasteiger partial charge is 0.497 e. The van der Waals surface area contributed by atoms with Gasteiger partial charge in [0.25, 0.3) is 5.56 Å². The fourth-order valence-corrected chi connectivity index (χ4v) is 1.89. The molecule has 0 atom stereocenters. The van der Waals surface area contributed by atoms with Gasteiger partial charge in [-0.05, 0) is 24.3 Å². The van der Waals surface area contributed by atoms with Gasteiger partial charge in [-0.25, -0.2) is 0 Å². The number of hydrogen-bond acceptors (Lipinski definition) is 5. The van der Waals surface area contributed by atoms with E-state index in [-0.39, 0.29) is 11.4 Å². The molecule has 19 heavy (non-hydrogen) atoms. The second-order valence-electron chi connectivity index (χ2n) is 4.10. The Morgan fingerprint density at radius 1 is 1.32 bits per heavy atom. The molecule has 0 bridgehead atoms. The molecule has 6 heteroatoms. The highest BCUT2D eigenvalue weighted by Gasteiger charge is 2.11. The van der Waals surface area contributed by atoms with Crippen molar-refractivity contribution in [2.75, 3.05) is 7.11 Å². The Balaban J connectivity index is 2.25. The summed E-state index contributed by atoms with van der Waals surface area (Å²) in [5.41, 5.74) is 0.853. The van der Waals surface area contributed by atoms with E-state index in [0.717, 1.165) is 16.7 Å². The van der Waals surface area contributed by atoms with Gasteiger partial charge in [0.2, 0.25) is 11.7 Å². The Bertz CT molecular complexity index is 804. The number of rotatable bonds is 2. The molecular weight excluding hydrogens is 246 g/mol. The molecule has 0 aliphatic rings. The quantitative estimate of drug-likeness (QED) is 0.758. The molecule has 0 radical (unpaired) electrons. The summed E-state index contributed by atoms with van der Waals surface area (Å²) in [5.74, 6) is 1.42. The lowest BCUT2D eigenvalue weighted by Crippen LogP contribution is -2.09. The van der Waals surface area contributed by atoms with Gasteiger partial charge in [-0.3, -0.25) is 4.79 Å². The number of ether oxygens (including phenoxy) is 1. The van der Waals surface area contributed by atoms with Crippen molar-refractivity contribution in [2.45, 2.75) is 6.92 Å². The molecule has 6 nitrogen and oxygen atoms in total. The van der Waals surface area contributed by atoms with Crippen LogP contribution in [0.2, 0.25) is 0 Å². The summed E-state index contributed by atoms with van der Waals surface area (Å²) in [6.07, 6.45) is 0. The van der Waals surface area contributed by atoms with Crippen LogP contribution in [0.5, 0.6) is 5.75 Å². The molecule has 2 heterocycles. The zero-order valence-electron chi connectivity index (χ0n) is 10.4. The molecule has 0 saturated heterocycles. The van der Waals surface area contributed by atoms with E-state index in [4.69, 9.17) is 9.26 Å². The fourth-order valence-electron chi connectivity index (χ4n) is 1.89. The van der Waals surface area contributed by atoms with Crippen LogP contribution in [-0.2, 0) is 0 Å². The van der Waals surface area contributed by atoms with Crippen LogP contribution >= 0.6 is 0 Å². The third-order valence-electron chi connectivity index (χ3n) is 2.82. The van der Waals surface area contributed by atoms with Crippen molar-refractivity contribution in [3.63, 3.8) is 0 Å². The molecule has 0 aliphatic heterocycles. The minimum Gasteiger partial charge on any atom is -0.497 e. The predicted molar refractivity (Wildman–Crippen MR) is 69.1 cm³/mol. The Morgan fingerprint density at radius 3 is 2.84 bits per heavy atom. The predicted octanol–water partition coefficient (Wildman–Crippen LogP) is 1.90. The summed E-state index contributed by atoms with van der Waals surface area (Å²) >= 11 is 0. The fraction of sp³-hybridized carbons (Fsp3) is 0.154. The van der Waals surface area contributed by atoms with Crippen molar-refractivity contribution < 1.29 is 9.26 Å². The lowest BCUT2D eigenvalue weighted by molar-refractivity contribution is 0.394. The number of H-pyrrole nitrogens is 1. The van der Waals surface area contributed by atoms with Gasteiger partial charge in [-0.15, -0.1) is 0 Å². The maximum absolute atomic E-state index is 12.0. The van der Waals surface area contributed by atoms with Gasteiger partial charge >= 0.3 is 0 Å². The minimum atomic E-state index is -0.251. The molecule has 3 rings (SSSR count). The number of aromatic amines is 1. The molecule has 0 amide bonds. The molecule has 0 fully saturated rings. The average Bonchev–Trinajstić information content (AvgIpc) is 2.84. The van der Waals surface area contributed by atoms with Gasteiger partial charge in [0.15, 0.2) is 0 Å². The van der Waals surface area contributed by atoms with E-state index in [1.54, 1.807) is 32.2 Å². The van der Waals surface area contributed by atoms with Crippen LogP contribution in [0.25, 0.3) is 22.3 Å². The van der Waals surface area contributed by atoms with Crippen LogP contribution in [0.1, 0.15) is 5.89 Å². The van der Waals surface area contributed by atoms with E-state index >= 15 is 0 Å². The summed E-state index contributed by atoms with van der Waals surface area (Å²) < 4.78 is 10.1. The van der Waals surface area contributed by atoms with Crippen molar-refractivity contribution >= 4 is 10.9 Å². The number of nitrogens with one attached hydrogen (secondary N) is 1. The topological polar surface area (TPSA) is 81.0 Å². The first-order chi connectivity index (χ1) is 9.17. The van der Waals surface area contributed by atoms with E-state index in [1.807, 2.05) is 6.07 Å². The van der Waals surface area contributed by atoms with Crippen molar-refractivity contribution in [1.29, 1.82) is 0 Å². The van der Waals surface area contributed by atoms with E-state index in [9.17, 15) is 4.79 Å². The van der Waals surface area contributed by atoms with Crippen molar-refractivity contribution in [1.82, 2.24) is 15.1 Å². The Morgan fingerprint density at radius 2 is 2.16 bits per heavy atom. The summed E-state index contributed by atoms with van der Waals surface area (Å²) in [7, 11) is 1.59. The Hall–Kier alpha value is -2.63. The Labute approximate surface area is 108 Å². The van der Waals surface area contributed by atoms with E-state index in [2.05, 4.69) is 15.1 Å². The van der Waals surface area contributed by atoms with Crippen LogP contribution in [0, 0.1) is 6.92 Å². The zero-order chi connectivity index (χ0) is 13.4. The third kappa shape index (κ3) is 1.97. The SMILES string of the molecule is COc1ccc2[nH]c(=O)c(-c3noc(C)n3)cc2c1. The normalized spacial score (nSPS) is 10.8. The van der Waals surface area contributed by atoms with Gasteiger partial charge in [-0.2, -0.15) is 4.98 Å². The first kappa shape index (κ1) is 11.5. The second-order valence-corrected chi connectivity index (χ2v) is 4.10. The highest BCUT2D eigenvalue weighted by atomic mass is 16.5. The van der Waals surface area contributed by atoms with Crippen LogP contribution < -0.4 is 10.3 Å². The molecule has 0 unspecified atom stereocenters. The molecule has 0 saturated carbocycles. The molecule has 0 spiro atoms. The first-order valence-corrected chi connectivity index (χ1v) is 5.69.